The fraction of sp³-hybridized carbons (Fsp3) is 0.161. The molecule has 4 aromatic carbocycles. The van der Waals surface area contributed by atoms with Gasteiger partial charge in [0.05, 0.1) is 24.2 Å². The monoisotopic (exact) mass is 508 g/mol. The highest BCUT2D eigenvalue weighted by atomic mass is 16.5. The number of carbonyl (C=O) groups is 1. The number of carbonyl (C=O) groups excluding carboxylic acids is 1. The molecule has 0 spiro atoms. The van der Waals surface area contributed by atoms with Crippen molar-refractivity contribution in [2.45, 2.75) is 26.6 Å². The van der Waals surface area contributed by atoms with Crippen molar-refractivity contribution in [1.29, 1.82) is 0 Å². The average Bonchev–Trinajstić information content (AvgIpc) is 2.95. The lowest BCUT2D eigenvalue weighted by Crippen LogP contribution is -2.23. The Kier molecular flexibility index (Phi) is 8.97. The molecule has 4 rings (SSSR count). The summed E-state index contributed by atoms with van der Waals surface area (Å²) in [4.78, 5) is 17.1. The van der Waals surface area contributed by atoms with Crippen molar-refractivity contribution in [3.8, 4) is 11.5 Å². The number of benzene rings is 4. The maximum Gasteiger partial charge on any atom is 0.253 e. The van der Waals surface area contributed by atoms with Crippen molar-refractivity contribution < 1.29 is 14.3 Å². The third-order valence-corrected chi connectivity index (χ3v) is 5.83. The van der Waals surface area contributed by atoms with E-state index in [-0.39, 0.29) is 5.91 Å². The van der Waals surface area contributed by atoms with Crippen LogP contribution in [-0.4, -0.2) is 18.9 Å². The SMILES string of the molecule is COc1ccc(CNc2ccccc2C(=O)NCc2ccccc2)cc1COc1ccc(N=C(C)N)cc1. The fourth-order valence-corrected chi connectivity index (χ4v) is 3.94. The molecule has 7 nitrogen and oxygen atoms in total. The number of methoxy groups -OCH3 is 1. The number of para-hydroxylation sites is 1. The predicted octanol–water partition coefficient (Wildman–Crippen LogP) is 5.82. The van der Waals surface area contributed by atoms with Crippen LogP contribution < -0.4 is 25.8 Å². The summed E-state index contributed by atoms with van der Waals surface area (Å²) in [5.41, 5.74) is 10.8. The third kappa shape index (κ3) is 7.36. The van der Waals surface area contributed by atoms with Gasteiger partial charge in [-0.1, -0.05) is 48.5 Å². The van der Waals surface area contributed by atoms with E-state index in [1.807, 2.05) is 97.1 Å². The van der Waals surface area contributed by atoms with Gasteiger partial charge in [0, 0.05) is 24.3 Å². The molecule has 0 aromatic heterocycles. The molecule has 4 N–H and O–H groups in total. The molecule has 0 atom stereocenters. The Morgan fingerprint density at radius 3 is 2.34 bits per heavy atom. The molecule has 0 aliphatic rings. The number of hydrogen-bond donors (Lipinski definition) is 3. The molecule has 7 heteroatoms. The maximum absolute atomic E-state index is 12.9. The summed E-state index contributed by atoms with van der Waals surface area (Å²) in [7, 11) is 1.64. The molecule has 38 heavy (non-hydrogen) atoms. The number of anilines is 1. The van der Waals surface area contributed by atoms with Gasteiger partial charge >= 0.3 is 0 Å². The van der Waals surface area contributed by atoms with Crippen molar-refractivity contribution in [3.05, 3.63) is 119 Å². The lowest BCUT2D eigenvalue weighted by atomic mass is 10.1. The number of nitrogens with one attached hydrogen (secondary N) is 2. The van der Waals surface area contributed by atoms with Crippen LogP contribution in [0.2, 0.25) is 0 Å². The van der Waals surface area contributed by atoms with Crippen molar-refractivity contribution in [1.82, 2.24) is 5.32 Å². The summed E-state index contributed by atoms with van der Waals surface area (Å²) in [6, 6.07) is 30.8. The van der Waals surface area contributed by atoms with E-state index >= 15 is 0 Å². The van der Waals surface area contributed by atoms with Gasteiger partial charge in [0.2, 0.25) is 0 Å². The van der Waals surface area contributed by atoms with E-state index < -0.39 is 0 Å². The van der Waals surface area contributed by atoms with E-state index in [9.17, 15) is 4.79 Å². The van der Waals surface area contributed by atoms with E-state index in [0.717, 1.165) is 39.6 Å². The normalized spacial score (nSPS) is 11.1. The molecule has 1 amide bonds. The topological polar surface area (TPSA) is 98.0 Å². The minimum absolute atomic E-state index is 0.126. The van der Waals surface area contributed by atoms with Crippen LogP contribution in [0.25, 0.3) is 0 Å². The lowest BCUT2D eigenvalue weighted by molar-refractivity contribution is 0.0951. The van der Waals surface area contributed by atoms with Gasteiger partial charge in [-0.3, -0.25) is 4.79 Å². The number of aliphatic imine (C=N–C) groups is 1. The highest BCUT2D eigenvalue weighted by Crippen LogP contribution is 2.25. The van der Waals surface area contributed by atoms with Crippen LogP contribution in [-0.2, 0) is 19.7 Å². The molecule has 4 aromatic rings. The van der Waals surface area contributed by atoms with E-state index in [4.69, 9.17) is 15.2 Å². The van der Waals surface area contributed by atoms with Gasteiger partial charge in [-0.2, -0.15) is 0 Å². The minimum atomic E-state index is -0.126. The molecule has 0 bridgehead atoms. The van der Waals surface area contributed by atoms with Gasteiger partial charge < -0.3 is 25.8 Å². The number of ether oxygens (including phenoxy) is 2. The summed E-state index contributed by atoms with van der Waals surface area (Å²) in [6.45, 7) is 3.09. The van der Waals surface area contributed by atoms with Gasteiger partial charge in [0.25, 0.3) is 5.91 Å². The highest BCUT2D eigenvalue weighted by Gasteiger charge is 2.12. The number of nitrogens with two attached hydrogens (primary N) is 1. The van der Waals surface area contributed by atoms with Crippen molar-refractivity contribution in [3.63, 3.8) is 0 Å². The van der Waals surface area contributed by atoms with Gasteiger partial charge in [-0.05, 0) is 66.6 Å². The predicted molar refractivity (Wildman–Crippen MR) is 152 cm³/mol. The first-order chi connectivity index (χ1) is 18.5. The largest absolute Gasteiger partial charge is 0.496 e. The molecule has 0 aliphatic heterocycles. The number of amidine groups is 1. The van der Waals surface area contributed by atoms with Crippen molar-refractivity contribution in [2.75, 3.05) is 12.4 Å². The molecular weight excluding hydrogens is 476 g/mol. The Morgan fingerprint density at radius 1 is 0.868 bits per heavy atom. The quantitative estimate of drug-likeness (QED) is 0.175. The molecule has 0 unspecified atom stereocenters. The number of amides is 1. The van der Waals surface area contributed by atoms with Gasteiger partial charge in [0.15, 0.2) is 0 Å². The standard InChI is InChI=1S/C31H32N4O3/c1-22(32)35-26-13-15-27(16-14-26)38-21-25-18-24(12-17-30(25)37-2)20-33-29-11-7-6-10-28(29)31(36)34-19-23-8-4-3-5-9-23/h3-18,33H,19-21H2,1-2H3,(H2,32,35)(H,34,36). The Hall–Kier alpha value is -4.78. The zero-order valence-electron chi connectivity index (χ0n) is 21.6. The molecule has 194 valence electrons. The Labute approximate surface area is 223 Å². The van der Waals surface area contributed by atoms with Gasteiger partial charge in [-0.25, -0.2) is 4.99 Å². The van der Waals surface area contributed by atoms with E-state index in [1.165, 1.54) is 0 Å². The van der Waals surface area contributed by atoms with Crippen LogP contribution in [0.15, 0.2) is 102 Å². The number of rotatable bonds is 11. The molecule has 0 fully saturated rings. The average molecular weight is 509 g/mol. The van der Waals surface area contributed by atoms with Crippen LogP contribution in [0.3, 0.4) is 0 Å². The first-order valence-corrected chi connectivity index (χ1v) is 12.4. The van der Waals surface area contributed by atoms with E-state index in [0.29, 0.717) is 31.1 Å². The van der Waals surface area contributed by atoms with Gasteiger partial charge in [-0.15, -0.1) is 0 Å². The Balaban J connectivity index is 1.40. The minimum Gasteiger partial charge on any atom is -0.496 e. The number of nitrogens with zero attached hydrogens (tertiary/aromatic N) is 1. The molecular formula is C31H32N4O3. The molecule has 0 radical (unpaired) electrons. The van der Waals surface area contributed by atoms with E-state index in [1.54, 1.807) is 14.0 Å². The van der Waals surface area contributed by atoms with Gasteiger partial charge in [0.1, 0.15) is 18.1 Å². The Morgan fingerprint density at radius 2 is 1.61 bits per heavy atom. The number of hydrogen-bond acceptors (Lipinski definition) is 5. The summed E-state index contributed by atoms with van der Waals surface area (Å²) in [5, 5.41) is 6.40. The molecule has 0 heterocycles. The molecule has 0 saturated heterocycles. The lowest BCUT2D eigenvalue weighted by Gasteiger charge is -2.15. The smallest absolute Gasteiger partial charge is 0.253 e. The second kappa shape index (κ2) is 13.0. The fourth-order valence-electron chi connectivity index (χ4n) is 3.94. The van der Waals surface area contributed by atoms with Crippen molar-refractivity contribution in [2.24, 2.45) is 10.7 Å². The summed E-state index contributed by atoms with van der Waals surface area (Å²) >= 11 is 0. The summed E-state index contributed by atoms with van der Waals surface area (Å²) < 4.78 is 11.5. The van der Waals surface area contributed by atoms with Crippen LogP contribution >= 0.6 is 0 Å². The summed E-state index contributed by atoms with van der Waals surface area (Å²) in [5.74, 6) is 1.84. The van der Waals surface area contributed by atoms with Crippen LogP contribution in [0.1, 0.15) is 34.0 Å². The first kappa shape index (κ1) is 26.3. The van der Waals surface area contributed by atoms with Crippen LogP contribution in [0.4, 0.5) is 11.4 Å². The second-order valence-electron chi connectivity index (χ2n) is 8.75. The van der Waals surface area contributed by atoms with Crippen molar-refractivity contribution >= 4 is 23.1 Å². The van der Waals surface area contributed by atoms with Crippen LogP contribution in [0, 0.1) is 0 Å². The Bertz CT molecular complexity index is 1380. The zero-order chi connectivity index (χ0) is 26.7. The van der Waals surface area contributed by atoms with E-state index in [2.05, 4.69) is 15.6 Å². The highest BCUT2D eigenvalue weighted by molar-refractivity contribution is 5.99. The zero-order valence-corrected chi connectivity index (χ0v) is 21.6. The second-order valence-corrected chi connectivity index (χ2v) is 8.75. The maximum atomic E-state index is 12.9. The molecule has 0 aliphatic carbocycles. The molecule has 0 saturated carbocycles. The van der Waals surface area contributed by atoms with Crippen LogP contribution in [0.5, 0.6) is 11.5 Å². The summed E-state index contributed by atoms with van der Waals surface area (Å²) in [6.07, 6.45) is 0. The third-order valence-electron chi connectivity index (χ3n) is 5.83. The first-order valence-electron chi connectivity index (χ1n) is 12.4.